The molecule has 0 bridgehead atoms. The zero-order valence-corrected chi connectivity index (χ0v) is 14.4. The van der Waals surface area contributed by atoms with E-state index in [4.69, 9.17) is 4.74 Å². The van der Waals surface area contributed by atoms with Crippen molar-refractivity contribution in [2.24, 2.45) is 0 Å². The lowest BCUT2D eigenvalue weighted by Gasteiger charge is -2.15. The second-order valence-electron chi connectivity index (χ2n) is 5.43. The Labute approximate surface area is 142 Å². The van der Waals surface area contributed by atoms with E-state index in [0.29, 0.717) is 21.7 Å². The Morgan fingerprint density at radius 2 is 2.04 bits per heavy atom. The number of ether oxygens (including phenoxy) is 1. The van der Waals surface area contributed by atoms with Gasteiger partial charge in [-0.05, 0) is 44.2 Å². The van der Waals surface area contributed by atoms with E-state index in [1.807, 2.05) is 6.92 Å². The van der Waals surface area contributed by atoms with Gasteiger partial charge < -0.3 is 10.1 Å². The van der Waals surface area contributed by atoms with Gasteiger partial charge in [-0.25, -0.2) is 4.98 Å². The maximum atomic E-state index is 12.6. The van der Waals surface area contributed by atoms with E-state index < -0.39 is 6.04 Å². The summed E-state index contributed by atoms with van der Waals surface area (Å²) in [6, 6.07) is 8.14. The van der Waals surface area contributed by atoms with Gasteiger partial charge in [0.1, 0.15) is 16.6 Å². The summed E-state index contributed by atoms with van der Waals surface area (Å²) >= 11 is 1.46. The number of hydrogen-bond donors (Lipinski definition) is 1. The Morgan fingerprint density at radius 1 is 1.33 bits per heavy atom. The van der Waals surface area contributed by atoms with Crippen molar-refractivity contribution in [2.45, 2.75) is 19.9 Å². The fourth-order valence-electron chi connectivity index (χ4n) is 2.38. The Kier molecular flexibility index (Phi) is 4.35. The number of carbonyl (C=O) groups is 1. The topological polar surface area (TPSA) is 73.2 Å². The minimum atomic E-state index is -0.670. The Hall–Kier alpha value is -2.67. The van der Waals surface area contributed by atoms with Gasteiger partial charge >= 0.3 is 0 Å². The molecule has 1 N–H and O–H groups in total. The largest absolute Gasteiger partial charge is 0.497 e. The van der Waals surface area contributed by atoms with Crippen LogP contribution in [-0.2, 0) is 4.79 Å². The van der Waals surface area contributed by atoms with Crippen LogP contribution >= 0.6 is 11.3 Å². The number of hydrogen-bond acceptors (Lipinski definition) is 5. The predicted octanol–water partition coefficient (Wildman–Crippen LogP) is 2.97. The molecular formula is C17H17N3O3S. The Balaban J connectivity index is 1.84. The molecule has 1 amide bonds. The van der Waals surface area contributed by atoms with E-state index in [-0.39, 0.29) is 11.5 Å². The zero-order chi connectivity index (χ0) is 17.3. The van der Waals surface area contributed by atoms with Gasteiger partial charge in [0, 0.05) is 10.6 Å². The van der Waals surface area contributed by atoms with Crippen LogP contribution in [0.25, 0.3) is 10.2 Å². The molecular weight excluding hydrogens is 326 g/mol. The summed E-state index contributed by atoms with van der Waals surface area (Å²) in [5, 5.41) is 3.34. The molecule has 7 heteroatoms. The number of nitrogens with one attached hydrogen (secondary N) is 1. The van der Waals surface area contributed by atoms with Crippen molar-refractivity contribution >= 4 is 33.1 Å². The molecule has 2 aromatic heterocycles. The van der Waals surface area contributed by atoms with Crippen LogP contribution in [0.1, 0.15) is 17.8 Å². The first-order valence-corrected chi connectivity index (χ1v) is 8.23. The average molecular weight is 343 g/mol. The second kappa shape index (κ2) is 6.45. The molecule has 0 aliphatic heterocycles. The number of thiophene rings is 1. The van der Waals surface area contributed by atoms with Crippen LogP contribution in [-0.4, -0.2) is 22.6 Å². The van der Waals surface area contributed by atoms with E-state index in [9.17, 15) is 9.59 Å². The summed E-state index contributed by atoms with van der Waals surface area (Å²) in [4.78, 5) is 31.0. The van der Waals surface area contributed by atoms with Gasteiger partial charge in [0.25, 0.3) is 5.56 Å². The lowest BCUT2D eigenvalue weighted by molar-refractivity contribution is -0.118. The van der Waals surface area contributed by atoms with Crippen LogP contribution < -0.4 is 15.6 Å². The van der Waals surface area contributed by atoms with Gasteiger partial charge in [-0.3, -0.25) is 14.2 Å². The number of aryl methyl sites for hydroxylation is 1. The summed E-state index contributed by atoms with van der Waals surface area (Å²) in [5.41, 5.74) is 0.433. The maximum Gasteiger partial charge on any atom is 0.262 e. The smallest absolute Gasteiger partial charge is 0.262 e. The number of benzene rings is 1. The Bertz CT molecular complexity index is 944. The van der Waals surface area contributed by atoms with Crippen molar-refractivity contribution in [3.05, 3.63) is 51.9 Å². The quantitative estimate of drug-likeness (QED) is 0.790. The van der Waals surface area contributed by atoms with Crippen LogP contribution in [0.5, 0.6) is 5.75 Å². The van der Waals surface area contributed by atoms with E-state index in [0.717, 1.165) is 4.88 Å². The number of amides is 1. The summed E-state index contributed by atoms with van der Waals surface area (Å²) in [7, 11) is 1.58. The van der Waals surface area contributed by atoms with E-state index >= 15 is 0 Å². The van der Waals surface area contributed by atoms with Crippen molar-refractivity contribution in [3.8, 4) is 5.75 Å². The van der Waals surface area contributed by atoms with Crippen molar-refractivity contribution in [3.63, 3.8) is 0 Å². The van der Waals surface area contributed by atoms with Crippen LogP contribution in [0.4, 0.5) is 5.69 Å². The van der Waals surface area contributed by atoms with Crippen molar-refractivity contribution in [1.82, 2.24) is 9.55 Å². The molecule has 0 aliphatic carbocycles. The third kappa shape index (κ3) is 3.03. The summed E-state index contributed by atoms with van der Waals surface area (Å²) in [5.74, 6) is 0.426. The monoisotopic (exact) mass is 343 g/mol. The SMILES string of the molecule is COc1ccc(NC(=O)C(C)n2cnc3sc(C)cc3c2=O)cc1. The first kappa shape index (κ1) is 16.2. The summed E-state index contributed by atoms with van der Waals surface area (Å²) in [6.07, 6.45) is 1.43. The molecule has 124 valence electrons. The number of aromatic nitrogens is 2. The number of fused-ring (bicyclic) bond motifs is 1. The maximum absolute atomic E-state index is 12.6. The molecule has 3 rings (SSSR count). The first-order chi connectivity index (χ1) is 11.5. The third-order valence-electron chi connectivity index (χ3n) is 3.75. The molecule has 0 radical (unpaired) electrons. The lowest BCUT2D eigenvalue weighted by atomic mass is 10.2. The highest BCUT2D eigenvalue weighted by atomic mass is 32.1. The third-order valence-corrected chi connectivity index (χ3v) is 4.71. The van der Waals surface area contributed by atoms with Crippen LogP contribution in [0.15, 0.2) is 41.5 Å². The molecule has 1 atom stereocenters. The fourth-order valence-corrected chi connectivity index (χ4v) is 3.22. The number of anilines is 1. The summed E-state index contributed by atoms with van der Waals surface area (Å²) < 4.78 is 6.44. The molecule has 0 spiro atoms. The van der Waals surface area contributed by atoms with Crippen molar-refractivity contribution in [1.29, 1.82) is 0 Å². The van der Waals surface area contributed by atoms with Crippen LogP contribution in [0.3, 0.4) is 0 Å². The van der Waals surface area contributed by atoms with E-state index in [2.05, 4.69) is 10.3 Å². The fraction of sp³-hybridized carbons (Fsp3) is 0.235. The molecule has 24 heavy (non-hydrogen) atoms. The molecule has 0 aliphatic rings. The highest BCUT2D eigenvalue weighted by Gasteiger charge is 2.18. The van der Waals surface area contributed by atoms with Gasteiger partial charge in [-0.1, -0.05) is 0 Å². The van der Waals surface area contributed by atoms with Gasteiger partial charge in [0.15, 0.2) is 0 Å². The predicted molar refractivity (Wildman–Crippen MR) is 95.0 cm³/mol. The molecule has 0 fully saturated rings. The molecule has 0 saturated heterocycles. The van der Waals surface area contributed by atoms with E-state index in [1.54, 1.807) is 44.4 Å². The van der Waals surface area contributed by atoms with E-state index in [1.165, 1.54) is 22.2 Å². The van der Waals surface area contributed by atoms with Gasteiger partial charge in [0.2, 0.25) is 5.91 Å². The van der Waals surface area contributed by atoms with Crippen LogP contribution in [0.2, 0.25) is 0 Å². The Morgan fingerprint density at radius 3 is 2.71 bits per heavy atom. The second-order valence-corrected chi connectivity index (χ2v) is 6.66. The van der Waals surface area contributed by atoms with Crippen molar-refractivity contribution < 1.29 is 9.53 Å². The van der Waals surface area contributed by atoms with Crippen molar-refractivity contribution in [2.75, 3.05) is 12.4 Å². The average Bonchev–Trinajstić information content (AvgIpc) is 2.97. The highest BCUT2D eigenvalue weighted by molar-refractivity contribution is 7.18. The lowest BCUT2D eigenvalue weighted by Crippen LogP contribution is -2.31. The number of methoxy groups -OCH3 is 1. The summed E-state index contributed by atoms with van der Waals surface area (Å²) in [6.45, 7) is 3.60. The highest BCUT2D eigenvalue weighted by Crippen LogP contribution is 2.21. The normalized spacial score (nSPS) is 12.1. The molecule has 1 aromatic carbocycles. The first-order valence-electron chi connectivity index (χ1n) is 7.42. The minimum Gasteiger partial charge on any atom is -0.497 e. The molecule has 3 aromatic rings. The number of carbonyl (C=O) groups excluding carboxylic acids is 1. The van der Waals surface area contributed by atoms with Gasteiger partial charge in [0.05, 0.1) is 18.8 Å². The number of rotatable bonds is 4. The molecule has 6 nitrogen and oxygen atoms in total. The minimum absolute atomic E-state index is 0.207. The molecule has 0 saturated carbocycles. The standard InChI is InChI=1S/C17H17N3O3S/c1-10-8-14-16(24-10)18-9-20(17(14)22)11(2)15(21)19-12-4-6-13(23-3)7-5-12/h4-9,11H,1-3H3,(H,19,21). The number of nitrogens with zero attached hydrogens (tertiary/aromatic N) is 2. The van der Waals surface area contributed by atoms with Gasteiger partial charge in [-0.15, -0.1) is 11.3 Å². The zero-order valence-electron chi connectivity index (χ0n) is 13.6. The molecule has 1 unspecified atom stereocenters. The van der Waals surface area contributed by atoms with Gasteiger partial charge in [-0.2, -0.15) is 0 Å². The molecule has 2 heterocycles. The van der Waals surface area contributed by atoms with Crippen LogP contribution in [0, 0.1) is 6.92 Å².